The first-order valence-corrected chi connectivity index (χ1v) is 30.9. The van der Waals surface area contributed by atoms with Crippen LogP contribution < -0.4 is 9.80 Å². The van der Waals surface area contributed by atoms with E-state index in [1.807, 2.05) is 0 Å². The average Bonchev–Trinajstić information content (AvgIpc) is 1.76. The maximum atomic E-state index is 2.56. The molecule has 1 aliphatic rings. The zero-order valence-electron chi connectivity index (χ0n) is 50.3. The predicted octanol–water partition coefficient (Wildman–Crippen LogP) is 23.8. The Bertz CT molecular complexity index is 4870. The molecule has 15 rings (SSSR count). The van der Waals surface area contributed by atoms with Gasteiger partial charge >= 0.3 is 0 Å². The molecule has 0 radical (unpaired) electrons. The van der Waals surface area contributed by atoms with Crippen LogP contribution in [-0.4, -0.2) is 0 Å². The van der Waals surface area contributed by atoms with Crippen LogP contribution in [0.25, 0.3) is 76.8 Å². The van der Waals surface area contributed by atoms with Gasteiger partial charge < -0.3 is 9.80 Å². The second-order valence-corrected chi connectivity index (χ2v) is 24.5. The molecule has 0 aromatic heterocycles. The number of aryl methyl sites for hydroxylation is 2. The molecule has 418 valence electrons. The van der Waals surface area contributed by atoms with Crippen molar-refractivity contribution in [1.82, 2.24) is 0 Å². The average molecular weight is 1120 g/mol. The van der Waals surface area contributed by atoms with Crippen LogP contribution in [0.5, 0.6) is 0 Å². The summed E-state index contributed by atoms with van der Waals surface area (Å²) in [4.78, 5) is 5.09. The third-order valence-electron chi connectivity index (χ3n) is 18.5. The summed E-state index contributed by atoms with van der Waals surface area (Å²) in [6.45, 7) is 13.9. The molecule has 0 bridgehead atoms. The van der Waals surface area contributed by atoms with Gasteiger partial charge in [-0.25, -0.2) is 0 Å². The van der Waals surface area contributed by atoms with Crippen molar-refractivity contribution in [1.29, 1.82) is 0 Å². The number of rotatable bonds is 13. The van der Waals surface area contributed by atoms with Crippen molar-refractivity contribution in [2.75, 3.05) is 9.80 Å². The van der Waals surface area contributed by atoms with Crippen molar-refractivity contribution < 1.29 is 0 Å². The first-order chi connectivity index (χ1) is 42.6. The van der Waals surface area contributed by atoms with E-state index in [9.17, 15) is 0 Å². The van der Waals surface area contributed by atoms with E-state index in [4.69, 9.17) is 0 Å². The summed E-state index contributed by atoms with van der Waals surface area (Å²) in [5.41, 5.74) is 26.1. The van der Waals surface area contributed by atoms with E-state index in [1.165, 1.54) is 116 Å². The monoisotopic (exact) mass is 1120 g/mol. The van der Waals surface area contributed by atoms with Gasteiger partial charge in [0.25, 0.3) is 0 Å². The number of hydrogen-bond donors (Lipinski definition) is 0. The largest absolute Gasteiger partial charge is 0.310 e. The van der Waals surface area contributed by atoms with Crippen LogP contribution >= 0.6 is 0 Å². The molecule has 14 aromatic rings. The summed E-state index contributed by atoms with van der Waals surface area (Å²) in [6, 6.07) is 109. The number of benzene rings is 14. The summed E-state index contributed by atoms with van der Waals surface area (Å²) < 4.78 is 0. The lowest BCUT2D eigenvalue weighted by Gasteiger charge is -2.35. The molecule has 14 aromatic carbocycles. The summed E-state index contributed by atoms with van der Waals surface area (Å²) in [6.07, 6.45) is 0. The minimum absolute atomic E-state index is 0.227. The van der Waals surface area contributed by atoms with E-state index < -0.39 is 5.41 Å². The molecule has 0 unspecified atom stereocenters. The number of anilines is 6. The molecular formula is C85H68N2. The van der Waals surface area contributed by atoms with Crippen LogP contribution in [-0.2, 0) is 5.41 Å². The maximum absolute atomic E-state index is 2.56. The quantitative estimate of drug-likeness (QED) is 0.106. The third kappa shape index (κ3) is 8.84. The Labute approximate surface area is 512 Å². The van der Waals surface area contributed by atoms with E-state index in [0.717, 1.165) is 39.7 Å². The van der Waals surface area contributed by atoms with Gasteiger partial charge in [0.05, 0.1) is 16.8 Å². The molecular weight excluding hydrogens is 1050 g/mol. The summed E-state index contributed by atoms with van der Waals surface area (Å²) in [7, 11) is 0. The fourth-order valence-electron chi connectivity index (χ4n) is 14.7. The molecule has 87 heavy (non-hydrogen) atoms. The lowest BCUT2D eigenvalue weighted by molar-refractivity contribution is 0.768. The molecule has 2 heteroatoms. The molecule has 0 N–H and O–H groups in total. The van der Waals surface area contributed by atoms with Crippen LogP contribution in [0.1, 0.15) is 84.0 Å². The van der Waals surface area contributed by atoms with Crippen molar-refractivity contribution in [2.45, 2.75) is 58.8 Å². The smallest absolute Gasteiger partial charge is 0.0714 e. The third-order valence-corrected chi connectivity index (χ3v) is 18.5. The van der Waals surface area contributed by atoms with Crippen LogP contribution in [0.2, 0.25) is 0 Å². The van der Waals surface area contributed by atoms with Gasteiger partial charge in [-0.15, -0.1) is 0 Å². The Balaban J connectivity index is 0.971. The van der Waals surface area contributed by atoms with Gasteiger partial charge in [0, 0.05) is 33.5 Å². The second-order valence-electron chi connectivity index (χ2n) is 24.5. The van der Waals surface area contributed by atoms with Gasteiger partial charge in [0.15, 0.2) is 0 Å². The first kappa shape index (κ1) is 53.4. The van der Waals surface area contributed by atoms with Gasteiger partial charge in [-0.1, -0.05) is 258 Å². The van der Waals surface area contributed by atoms with Gasteiger partial charge in [-0.3, -0.25) is 0 Å². The van der Waals surface area contributed by atoms with E-state index in [-0.39, 0.29) is 11.8 Å². The van der Waals surface area contributed by atoms with Gasteiger partial charge in [-0.2, -0.15) is 0 Å². The molecule has 0 amide bonds. The Kier molecular flexibility index (Phi) is 13.3. The lowest BCUT2D eigenvalue weighted by Crippen LogP contribution is -2.28. The van der Waals surface area contributed by atoms with Crippen molar-refractivity contribution in [3.8, 4) is 44.5 Å². The topological polar surface area (TPSA) is 6.48 Å². The summed E-state index contributed by atoms with van der Waals surface area (Å²) in [5, 5.41) is 7.63. The summed E-state index contributed by atoms with van der Waals surface area (Å²) >= 11 is 0. The van der Waals surface area contributed by atoms with Gasteiger partial charge in [0.2, 0.25) is 0 Å². The number of fused-ring (bicyclic) bond motifs is 3. The molecule has 0 atom stereocenters. The molecule has 0 saturated heterocycles. The summed E-state index contributed by atoms with van der Waals surface area (Å²) in [5.74, 6) is 0.457. The Morgan fingerprint density at radius 1 is 0.276 bits per heavy atom. The van der Waals surface area contributed by atoms with Crippen molar-refractivity contribution in [3.05, 3.63) is 336 Å². The fourth-order valence-corrected chi connectivity index (χ4v) is 14.7. The molecule has 0 fully saturated rings. The zero-order valence-corrected chi connectivity index (χ0v) is 50.3. The number of hydrogen-bond acceptors (Lipinski definition) is 2. The molecule has 0 spiro atoms. The highest BCUT2D eigenvalue weighted by atomic mass is 15.2. The van der Waals surface area contributed by atoms with E-state index in [2.05, 4.69) is 343 Å². The van der Waals surface area contributed by atoms with Crippen molar-refractivity contribution in [2.24, 2.45) is 0 Å². The standard InChI is InChI=1S/C85H68N2/c1-55(2)77-53-81(86(63-33-21-25-57(5)49-63)65-35-23-29-60(51-65)68-38-14-16-40-70(68)69-39-15-13-37-67(69)59-27-9-7-10-28-59)75-47-45-74-78(56(3)4)54-82(76-48-46-73(77)83(75)84(74)76)87(64-34-22-26-58(6)50-64)66-36-24-32-62(52-66)85(61-30-11-8-12-31-61)79-43-19-17-41-71(79)72-42-18-20-44-80(72)85/h7-56H,1-6H3. The molecule has 0 saturated carbocycles. The minimum atomic E-state index is -0.558. The maximum Gasteiger partial charge on any atom is 0.0714 e. The molecule has 0 heterocycles. The van der Waals surface area contributed by atoms with E-state index in [1.54, 1.807) is 0 Å². The highest BCUT2D eigenvalue weighted by Crippen LogP contribution is 2.58. The van der Waals surface area contributed by atoms with Crippen molar-refractivity contribution >= 4 is 66.4 Å². The van der Waals surface area contributed by atoms with Crippen LogP contribution in [0, 0.1) is 13.8 Å². The van der Waals surface area contributed by atoms with Crippen LogP contribution in [0.3, 0.4) is 0 Å². The number of nitrogens with zero attached hydrogens (tertiary/aromatic N) is 2. The Morgan fingerprint density at radius 2 is 0.644 bits per heavy atom. The first-order valence-electron chi connectivity index (χ1n) is 30.9. The Hall–Kier alpha value is -10.3. The second kappa shape index (κ2) is 21.7. The van der Waals surface area contributed by atoms with Gasteiger partial charge in [-0.05, 0) is 197 Å². The Morgan fingerprint density at radius 3 is 1.14 bits per heavy atom. The zero-order chi connectivity index (χ0) is 58.9. The fraction of sp³-hybridized carbons (Fsp3) is 0.106. The highest BCUT2D eigenvalue weighted by Gasteiger charge is 2.46. The SMILES string of the molecule is Cc1cccc(N(c2cccc(-c3ccccc3-c3ccccc3-c3ccccc3)c2)c2cc(C(C)C)c3ccc4c(N(c5cccc(C)c5)c5cccc(C6(c7ccccc7)c7ccccc7-c7ccccc76)c5)cc(C(C)C)c5ccc2c3c54)c1. The van der Waals surface area contributed by atoms with Crippen LogP contribution in [0.4, 0.5) is 34.1 Å². The minimum Gasteiger partial charge on any atom is -0.310 e. The van der Waals surface area contributed by atoms with Crippen LogP contribution in [0.15, 0.2) is 291 Å². The molecule has 2 nitrogen and oxygen atoms in total. The van der Waals surface area contributed by atoms with Gasteiger partial charge in [0.1, 0.15) is 0 Å². The predicted molar refractivity (Wildman–Crippen MR) is 371 cm³/mol. The highest BCUT2D eigenvalue weighted by molar-refractivity contribution is 6.29. The molecule has 1 aliphatic carbocycles. The molecule has 0 aliphatic heterocycles. The lowest BCUT2D eigenvalue weighted by atomic mass is 9.67. The van der Waals surface area contributed by atoms with E-state index >= 15 is 0 Å². The normalized spacial score (nSPS) is 12.6. The van der Waals surface area contributed by atoms with Crippen molar-refractivity contribution in [3.63, 3.8) is 0 Å². The van der Waals surface area contributed by atoms with E-state index in [0.29, 0.717) is 0 Å².